The summed E-state index contributed by atoms with van der Waals surface area (Å²) in [6.07, 6.45) is 4.21. The van der Waals surface area contributed by atoms with Gasteiger partial charge in [0, 0.05) is 13.2 Å². The zero-order valence-electron chi connectivity index (χ0n) is 10.2. The Bertz CT molecular complexity index is 354. The number of methoxy groups -OCH3 is 1. The van der Waals surface area contributed by atoms with Crippen molar-refractivity contribution >= 4 is 12.4 Å². The minimum Gasteiger partial charge on any atom is -0.382 e. The van der Waals surface area contributed by atoms with E-state index in [9.17, 15) is 0 Å². The summed E-state index contributed by atoms with van der Waals surface area (Å²) >= 11 is 0. The van der Waals surface area contributed by atoms with Crippen LogP contribution < -0.4 is 5.32 Å². The van der Waals surface area contributed by atoms with Gasteiger partial charge in [-0.2, -0.15) is 0 Å². The Labute approximate surface area is 109 Å². The van der Waals surface area contributed by atoms with Gasteiger partial charge in [0.25, 0.3) is 0 Å². The lowest BCUT2D eigenvalue weighted by atomic mass is 9.99. The van der Waals surface area contributed by atoms with E-state index in [4.69, 9.17) is 4.74 Å². The maximum absolute atomic E-state index is 5.27. The van der Waals surface area contributed by atoms with Crippen LogP contribution in [0.2, 0.25) is 0 Å². The molecule has 1 heterocycles. The number of hydrogen-bond donors (Lipinski definition) is 1. The van der Waals surface area contributed by atoms with Crippen LogP contribution in [0.15, 0.2) is 43.0 Å². The zero-order chi connectivity index (χ0) is 11.4. The number of nitrogens with one attached hydrogen (secondary N) is 1. The molecule has 0 spiro atoms. The van der Waals surface area contributed by atoms with Crippen molar-refractivity contribution in [3.63, 3.8) is 0 Å². The number of ether oxygens (including phenoxy) is 1. The highest BCUT2D eigenvalue weighted by Gasteiger charge is 2.36. The molecule has 2 atom stereocenters. The molecule has 0 radical (unpaired) electrons. The van der Waals surface area contributed by atoms with Gasteiger partial charge in [0.15, 0.2) is 0 Å². The third kappa shape index (κ3) is 3.09. The van der Waals surface area contributed by atoms with E-state index in [1.807, 2.05) is 12.1 Å². The van der Waals surface area contributed by atoms with Crippen molar-refractivity contribution in [1.82, 2.24) is 5.32 Å². The summed E-state index contributed by atoms with van der Waals surface area (Å²) in [6, 6.07) is 11.0. The Hall–Kier alpha value is -0.830. The van der Waals surface area contributed by atoms with Crippen molar-refractivity contribution in [1.29, 1.82) is 0 Å². The SMILES string of the molecule is C=C[C@@]1(COC)CC[C@@H](c2ccccc2)N1.Cl. The maximum atomic E-state index is 5.27. The highest BCUT2D eigenvalue weighted by Crippen LogP contribution is 2.33. The summed E-state index contributed by atoms with van der Waals surface area (Å²) in [6.45, 7) is 4.61. The highest BCUT2D eigenvalue weighted by atomic mass is 35.5. The summed E-state index contributed by atoms with van der Waals surface area (Å²) in [7, 11) is 1.74. The predicted molar refractivity (Wildman–Crippen MR) is 73.6 cm³/mol. The lowest BCUT2D eigenvalue weighted by Gasteiger charge is -2.26. The van der Waals surface area contributed by atoms with Crippen molar-refractivity contribution in [2.45, 2.75) is 24.4 Å². The normalized spacial score (nSPS) is 27.5. The van der Waals surface area contributed by atoms with E-state index in [0.29, 0.717) is 12.6 Å². The van der Waals surface area contributed by atoms with Crippen LogP contribution in [-0.2, 0) is 4.74 Å². The van der Waals surface area contributed by atoms with Crippen molar-refractivity contribution in [3.8, 4) is 0 Å². The summed E-state index contributed by atoms with van der Waals surface area (Å²) in [5.74, 6) is 0. The molecule has 1 aromatic rings. The van der Waals surface area contributed by atoms with Crippen molar-refractivity contribution < 1.29 is 4.74 Å². The van der Waals surface area contributed by atoms with Crippen molar-refractivity contribution in [3.05, 3.63) is 48.6 Å². The van der Waals surface area contributed by atoms with Gasteiger partial charge in [0.2, 0.25) is 0 Å². The molecule has 1 fully saturated rings. The summed E-state index contributed by atoms with van der Waals surface area (Å²) in [5.41, 5.74) is 1.30. The van der Waals surface area contributed by atoms with Crippen LogP contribution in [0.1, 0.15) is 24.4 Å². The first-order valence-electron chi connectivity index (χ1n) is 5.75. The minimum atomic E-state index is -0.0464. The molecule has 0 aliphatic carbocycles. The van der Waals surface area contributed by atoms with Gasteiger partial charge in [0.1, 0.15) is 0 Å². The van der Waals surface area contributed by atoms with Crippen LogP contribution in [0.25, 0.3) is 0 Å². The molecule has 1 aliphatic heterocycles. The molecule has 1 saturated heterocycles. The van der Waals surface area contributed by atoms with E-state index in [1.54, 1.807) is 7.11 Å². The van der Waals surface area contributed by atoms with Gasteiger partial charge in [-0.15, -0.1) is 19.0 Å². The molecular formula is C14H20ClNO. The van der Waals surface area contributed by atoms with Gasteiger partial charge in [0.05, 0.1) is 12.1 Å². The second kappa shape index (κ2) is 6.20. The van der Waals surface area contributed by atoms with Gasteiger partial charge < -0.3 is 4.74 Å². The quantitative estimate of drug-likeness (QED) is 0.833. The largest absolute Gasteiger partial charge is 0.382 e. The summed E-state index contributed by atoms with van der Waals surface area (Å²) in [5, 5.41) is 3.63. The fourth-order valence-corrected chi connectivity index (χ4v) is 2.42. The summed E-state index contributed by atoms with van der Waals surface area (Å²) < 4.78 is 5.27. The van der Waals surface area contributed by atoms with Crippen molar-refractivity contribution in [2.24, 2.45) is 0 Å². The molecular weight excluding hydrogens is 234 g/mol. The molecule has 1 N–H and O–H groups in total. The van der Waals surface area contributed by atoms with Gasteiger partial charge in [-0.25, -0.2) is 0 Å². The number of hydrogen-bond acceptors (Lipinski definition) is 2. The van der Waals surface area contributed by atoms with Crippen LogP contribution >= 0.6 is 12.4 Å². The van der Waals surface area contributed by atoms with Crippen molar-refractivity contribution in [2.75, 3.05) is 13.7 Å². The second-order valence-electron chi connectivity index (χ2n) is 4.44. The molecule has 94 valence electrons. The number of rotatable bonds is 4. The third-order valence-electron chi connectivity index (χ3n) is 3.34. The van der Waals surface area contributed by atoms with Gasteiger partial charge in [-0.3, -0.25) is 5.32 Å². The first-order valence-corrected chi connectivity index (χ1v) is 5.75. The average Bonchev–Trinajstić information content (AvgIpc) is 2.76. The van der Waals surface area contributed by atoms with Crippen LogP contribution in [0, 0.1) is 0 Å². The topological polar surface area (TPSA) is 21.3 Å². The Morgan fingerprint density at radius 2 is 2.18 bits per heavy atom. The Kier molecular flexibility index (Phi) is 5.19. The van der Waals surface area contributed by atoms with Crippen LogP contribution in [-0.4, -0.2) is 19.3 Å². The predicted octanol–water partition coefficient (Wildman–Crippen LogP) is 3.10. The monoisotopic (exact) mass is 253 g/mol. The molecule has 2 rings (SSSR count). The van der Waals surface area contributed by atoms with Gasteiger partial charge in [-0.05, 0) is 18.4 Å². The third-order valence-corrected chi connectivity index (χ3v) is 3.34. The lowest BCUT2D eigenvalue weighted by molar-refractivity contribution is 0.141. The Morgan fingerprint density at radius 1 is 1.47 bits per heavy atom. The first kappa shape index (κ1) is 14.2. The van der Waals surface area contributed by atoms with E-state index in [0.717, 1.165) is 12.8 Å². The molecule has 1 aliphatic rings. The molecule has 17 heavy (non-hydrogen) atoms. The lowest BCUT2D eigenvalue weighted by Crippen LogP contribution is -2.42. The van der Waals surface area contributed by atoms with E-state index >= 15 is 0 Å². The summed E-state index contributed by atoms with van der Waals surface area (Å²) in [4.78, 5) is 0. The first-order chi connectivity index (χ1) is 7.79. The smallest absolute Gasteiger partial charge is 0.0680 e. The van der Waals surface area contributed by atoms with Gasteiger partial charge in [-0.1, -0.05) is 36.4 Å². The molecule has 0 bridgehead atoms. The second-order valence-corrected chi connectivity index (χ2v) is 4.44. The molecule has 0 saturated carbocycles. The van der Waals surface area contributed by atoms with Crippen LogP contribution in [0.3, 0.4) is 0 Å². The molecule has 2 nitrogen and oxygen atoms in total. The van der Waals surface area contributed by atoms with Crippen LogP contribution in [0.4, 0.5) is 0 Å². The Morgan fingerprint density at radius 3 is 2.76 bits per heavy atom. The maximum Gasteiger partial charge on any atom is 0.0680 e. The standard InChI is InChI=1S/C14H19NO.ClH/c1-3-14(11-16-2)10-9-13(15-14)12-7-5-4-6-8-12;/h3-8,13,15H,1,9-11H2,2H3;1H/t13-,14-;/m0./s1. The fraction of sp³-hybridized carbons (Fsp3) is 0.429. The molecule has 1 aromatic carbocycles. The fourth-order valence-electron chi connectivity index (χ4n) is 2.42. The highest BCUT2D eigenvalue weighted by molar-refractivity contribution is 5.85. The van der Waals surface area contributed by atoms with E-state index in [1.165, 1.54) is 5.56 Å². The molecule has 0 aromatic heterocycles. The molecule has 0 unspecified atom stereocenters. The van der Waals surface area contributed by atoms with Crippen LogP contribution in [0.5, 0.6) is 0 Å². The molecule has 0 amide bonds. The molecule has 3 heteroatoms. The van der Waals surface area contributed by atoms with E-state index in [-0.39, 0.29) is 17.9 Å². The number of benzene rings is 1. The minimum absolute atomic E-state index is 0. The zero-order valence-corrected chi connectivity index (χ0v) is 11.0. The van der Waals surface area contributed by atoms with E-state index in [2.05, 4.69) is 36.2 Å². The average molecular weight is 254 g/mol. The Balaban J connectivity index is 0.00000144. The van der Waals surface area contributed by atoms with Gasteiger partial charge >= 0.3 is 0 Å². The number of halogens is 1. The van der Waals surface area contributed by atoms with E-state index < -0.39 is 0 Å².